The van der Waals surface area contributed by atoms with E-state index in [2.05, 4.69) is 10.3 Å². The molecule has 7 heteroatoms. The van der Waals surface area contributed by atoms with Gasteiger partial charge in [-0.3, -0.25) is 9.59 Å². The Kier molecular flexibility index (Phi) is 4.37. The number of nitrogens with one attached hydrogen (secondary N) is 1. The Bertz CT molecular complexity index is 721. The maximum atomic E-state index is 13.2. The molecule has 0 aliphatic heterocycles. The highest BCUT2D eigenvalue weighted by atomic mass is 32.1. The summed E-state index contributed by atoms with van der Waals surface area (Å²) in [6.07, 6.45) is 5.93. The van der Waals surface area contributed by atoms with E-state index < -0.39 is 12.1 Å². The topological polar surface area (TPSA) is 85.4 Å². The van der Waals surface area contributed by atoms with Gasteiger partial charge in [0.25, 0.3) is 0 Å². The fraction of sp³-hybridized carbons (Fsp3) is 0.684. The first kappa shape index (κ1) is 17.6. The minimum absolute atomic E-state index is 0.0854. The van der Waals surface area contributed by atoms with Gasteiger partial charge in [0.15, 0.2) is 22.7 Å². The van der Waals surface area contributed by atoms with Crippen molar-refractivity contribution < 1.29 is 19.1 Å². The van der Waals surface area contributed by atoms with Gasteiger partial charge in [0.2, 0.25) is 5.91 Å². The Labute approximate surface area is 156 Å². The molecule has 1 heterocycles. The molecule has 4 aliphatic rings. The van der Waals surface area contributed by atoms with Crippen LogP contribution in [0.25, 0.3) is 0 Å². The number of ketones is 1. The lowest BCUT2D eigenvalue weighted by atomic mass is 9.48. The number of Topliss-reactive ketones (excluding diaryl/α,β-unsaturated/α-hetero) is 1. The molecule has 1 atom stereocenters. The van der Waals surface area contributed by atoms with Gasteiger partial charge in [0, 0.05) is 17.7 Å². The number of aromatic nitrogens is 1. The van der Waals surface area contributed by atoms with Crippen LogP contribution in [0.1, 0.15) is 62.9 Å². The van der Waals surface area contributed by atoms with Crippen LogP contribution in [0.4, 0.5) is 5.13 Å². The second-order valence-corrected chi connectivity index (χ2v) is 9.19. The predicted molar refractivity (Wildman–Crippen MR) is 96.9 cm³/mol. The Morgan fingerprint density at radius 2 is 1.77 bits per heavy atom. The standard InChI is InChI=1S/C19H24N2O4S/c1-10(25-17(24)15-9-26-18(21-15)20-11(2)22)16(23)19-6-12-3-13(7-19)5-14(4-12)8-19/h9-10,12-14H,3-8H2,1-2H3,(H,20,21,22)/t10-,12?,13?,14?,19?/m1/s1. The highest BCUT2D eigenvalue weighted by Gasteiger charge is 2.55. The molecule has 0 saturated heterocycles. The first-order chi connectivity index (χ1) is 12.3. The van der Waals surface area contributed by atoms with E-state index in [-0.39, 0.29) is 22.8 Å². The van der Waals surface area contributed by atoms with Crippen LogP contribution in [0.2, 0.25) is 0 Å². The third-order valence-electron chi connectivity index (χ3n) is 6.21. The summed E-state index contributed by atoms with van der Waals surface area (Å²) in [6, 6.07) is 0. The van der Waals surface area contributed by atoms with E-state index in [1.807, 2.05) is 0 Å². The molecule has 4 bridgehead atoms. The number of amides is 1. The van der Waals surface area contributed by atoms with Crippen molar-refractivity contribution in [1.29, 1.82) is 0 Å². The highest BCUT2D eigenvalue weighted by Crippen LogP contribution is 2.60. The molecule has 0 radical (unpaired) electrons. The average Bonchev–Trinajstić information content (AvgIpc) is 3.00. The quantitative estimate of drug-likeness (QED) is 0.796. The molecule has 5 rings (SSSR count). The van der Waals surface area contributed by atoms with Gasteiger partial charge in [0.05, 0.1) is 0 Å². The number of rotatable bonds is 5. The highest BCUT2D eigenvalue weighted by molar-refractivity contribution is 7.14. The summed E-state index contributed by atoms with van der Waals surface area (Å²) in [7, 11) is 0. The lowest BCUT2D eigenvalue weighted by Crippen LogP contribution is -2.52. The smallest absolute Gasteiger partial charge is 0.358 e. The van der Waals surface area contributed by atoms with Gasteiger partial charge in [-0.05, 0) is 63.2 Å². The van der Waals surface area contributed by atoms with Crippen LogP contribution in [0.15, 0.2) is 5.38 Å². The number of carbonyl (C=O) groups excluding carboxylic acids is 3. The van der Waals surface area contributed by atoms with Crippen LogP contribution >= 0.6 is 11.3 Å². The fourth-order valence-corrected chi connectivity index (χ4v) is 6.42. The minimum Gasteiger partial charge on any atom is -0.450 e. The van der Waals surface area contributed by atoms with Gasteiger partial charge < -0.3 is 10.1 Å². The van der Waals surface area contributed by atoms with Crippen LogP contribution < -0.4 is 5.32 Å². The largest absolute Gasteiger partial charge is 0.450 e. The third kappa shape index (κ3) is 3.17. The summed E-state index contributed by atoms with van der Waals surface area (Å²) >= 11 is 1.16. The van der Waals surface area contributed by atoms with Crippen molar-refractivity contribution in [3.05, 3.63) is 11.1 Å². The van der Waals surface area contributed by atoms with Crippen molar-refractivity contribution in [3.8, 4) is 0 Å². The first-order valence-corrected chi connectivity index (χ1v) is 10.2. The summed E-state index contributed by atoms with van der Waals surface area (Å²) in [5.74, 6) is 1.25. The summed E-state index contributed by atoms with van der Waals surface area (Å²) < 4.78 is 5.45. The lowest BCUT2D eigenvalue weighted by molar-refractivity contribution is -0.152. The zero-order valence-electron chi connectivity index (χ0n) is 15.1. The molecule has 1 amide bonds. The molecular formula is C19H24N2O4S. The molecule has 1 N–H and O–H groups in total. The van der Waals surface area contributed by atoms with E-state index in [1.165, 1.54) is 31.6 Å². The number of anilines is 1. The number of esters is 1. The molecule has 1 aromatic rings. The van der Waals surface area contributed by atoms with Crippen LogP contribution in [0.3, 0.4) is 0 Å². The van der Waals surface area contributed by atoms with Crippen molar-refractivity contribution in [1.82, 2.24) is 4.98 Å². The first-order valence-electron chi connectivity index (χ1n) is 9.33. The molecule has 140 valence electrons. The van der Waals surface area contributed by atoms with E-state index >= 15 is 0 Å². The monoisotopic (exact) mass is 376 g/mol. The van der Waals surface area contributed by atoms with Gasteiger partial charge in [0.1, 0.15) is 0 Å². The van der Waals surface area contributed by atoms with Crippen molar-refractivity contribution in [2.24, 2.45) is 23.2 Å². The molecule has 1 aromatic heterocycles. The molecule has 0 unspecified atom stereocenters. The average molecular weight is 376 g/mol. The lowest BCUT2D eigenvalue weighted by Gasteiger charge is -2.56. The van der Waals surface area contributed by atoms with Crippen molar-refractivity contribution in [2.75, 3.05) is 5.32 Å². The Morgan fingerprint density at radius 3 is 2.31 bits per heavy atom. The number of nitrogens with zero attached hydrogens (tertiary/aromatic N) is 1. The van der Waals surface area contributed by atoms with Crippen LogP contribution in [-0.2, 0) is 14.3 Å². The zero-order chi connectivity index (χ0) is 18.5. The van der Waals surface area contributed by atoms with Crippen molar-refractivity contribution >= 4 is 34.1 Å². The van der Waals surface area contributed by atoms with Crippen LogP contribution in [-0.4, -0.2) is 28.7 Å². The van der Waals surface area contributed by atoms with Gasteiger partial charge >= 0.3 is 5.97 Å². The Morgan fingerprint density at radius 1 is 1.19 bits per heavy atom. The van der Waals surface area contributed by atoms with E-state index in [4.69, 9.17) is 4.74 Å². The number of hydrogen-bond donors (Lipinski definition) is 1. The summed E-state index contributed by atoms with van der Waals surface area (Å²) in [5.41, 5.74) is -0.151. The van der Waals surface area contributed by atoms with Crippen molar-refractivity contribution in [3.63, 3.8) is 0 Å². The number of hydrogen-bond acceptors (Lipinski definition) is 6. The molecule has 4 fully saturated rings. The fourth-order valence-electron chi connectivity index (χ4n) is 5.69. The maximum absolute atomic E-state index is 13.2. The molecule has 26 heavy (non-hydrogen) atoms. The van der Waals surface area contributed by atoms with Gasteiger partial charge in [-0.1, -0.05) is 0 Å². The second kappa shape index (κ2) is 6.44. The van der Waals surface area contributed by atoms with Gasteiger partial charge in [-0.2, -0.15) is 0 Å². The number of carbonyl (C=O) groups is 3. The SMILES string of the molecule is CC(=O)Nc1nc(C(=O)O[C@H](C)C(=O)C23CC4CC(CC(C4)C2)C3)cs1. The van der Waals surface area contributed by atoms with E-state index in [0.717, 1.165) is 30.6 Å². The number of thiazole rings is 1. The molecule has 0 aromatic carbocycles. The van der Waals surface area contributed by atoms with Gasteiger partial charge in [-0.15, -0.1) is 11.3 Å². The van der Waals surface area contributed by atoms with Crippen LogP contribution in [0, 0.1) is 23.2 Å². The maximum Gasteiger partial charge on any atom is 0.358 e. The third-order valence-corrected chi connectivity index (χ3v) is 6.97. The molecule has 6 nitrogen and oxygen atoms in total. The van der Waals surface area contributed by atoms with Gasteiger partial charge in [-0.25, -0.2) is 9.78 Å². The minimum atomic E-state index is -0.760. The molecule has 0 spiro atoms. The normalized spacial score (nSPS) is 32.9. The molecule has 4 saturated carbocycles. The summed E-state index contributed by atoms with van der Waals surface area (Å²) in [5, 5.41) is 4.43. The predicted octanol–water partition coefficient (Wildman–Crippen LogP) is 3.43. The Balaban J connectivity index is 1.42. The van der Waals surface area contributed by atoms with E-state index in [1.54, 1.807) is 6.92 Å². The molecular weight excluding hydrogens is 352 g/mol. The van der Waals surface area contributed by atoms with Crippen molar-refractivity contribution in [2.45, 2.75) is 58.5 Å². The summed E-state index contributed by atoms with van der Waals surface area (Å²) in [4.78, 5) is 40.6. The number of ether oxygens (including phenoxy) is 1. The second-order valence-electron chi connectivity index (χ2n) is 8.33. The Hall–Kier alpha value is -1.76. The summed E-state index contributed by atoms with van der Waals surface area (Å²) in [6.45, 7) is 3.06. The van der Waals surface area contributed by atoms with E-state index in [0.29, 0.717) is 22.9 Å². The molecule has 4 aliphatic carbocycles. The zero-order valence-corrected chi connectivity index (χ0v) is 15.9. The van der Waals surface area contributed by atoms with E-state index in [9.17, 15) is 14.4 Å². The van der Waals surface area contributed by atoms with Crippen LogP contribution in [0.5, 0.6) is 0 Å².